The maximum atomic E-state index is 12.2. The molecule has 0 N–H and O–H groups in total. The van der Waals surface area contributed by atoms with Crippen LogP contribution in [0.2, 0.25) is 0 Å². The number of pyridine rings is 1. The molecule has 4 rings (SSSR count). The van der Waals surface area contributed by atoms with E-state index in [0.29, 0.717) is 5.88 Å². The maximum Gasteiger partial charge on any atom is 0.344 e. The van der Waals surface area contributed by atoms with Gasteiger partial charge in [-0.05, 0) is 60.0 Å². The van der Waals surface area contributed by atoms with Gasteiger partial charge in [0.25, 0.3) is 0 Å². The second-order valence-electron chi connectivity index (χ2n) is 7.20. The molecule has 0 aliphatic carbocycles. The number of nitrogens with zero attached hydrogens (tertiary/aromatic N) is 3. The first kappa shape index (κ1) is 19.7. The number of carbonyl (C=O) groups is 1. The van der Waals surface area contributed by atoms with Gasteiger partial charge in [0.1, 0.15) is 12.4 Å². The van der Waals surface area contributed by atoms with E-state index in [9.17, 15) is 4.79 Å². The number of methoxy groups -OCH3 is 1. The molecule has 4 aromatic rings. The van der Waals surface area contributed by atoms with Crippen LogP contribution in [-0.4, -0.2) is 34.5 Å². The molecule has 2 aromatic heterocycles. The first-order valence-corrected chi connectivity index (χ1v) is 9.60. The minimum atomic E-state index is -0.457. The van der Waals surface area contributed by atoms with Crippen molar-refractivity contribution in [2.24, 2.45) is 7.05 Å². The summed E-state index contributed by atoms with van der Waals surface area (Å²) in [6.07, 6.45) is 0. The van der Waals surface area contributed by atoms with E-state index >= 15 is 0 Å². The number of fused-ring (bicyclic) bond motifs is 2. The van der Waals surface area contributed by atoms with Crippen LogP contribution in [0, 0.1) is 13.8 Å². The average molecular weight is 405 g/mol. The van der Waals surface area contributed by atoms with E-state index in [2.05, 4.69) is 10.1 Å². The van der Waals surface area contributed by atoms with Gasteiger partial charge < -0.3 is 14.2 Å². The minimum Gasteiger partial charge on any atom is -0.497 e. The van der Waals surface area contributed by atoms with Gasteiger partial charge in [0.05, 0.1) is 12.5 Å². The molecule has 2 heterocycles. The van der Waals surface area contributed by atoms with E-state index < -0.39 is 5.97 Å². The van der Waals surface area contributed by atoms with Crippen molar-refractivity contribution >= 4 is 27.8 Å². The fourth-order valence-corrected chi connectivity index (χ4v) is 3.47. The van der Waals surface area contributed by atoms with Gasteiger partial charge in [-0.3, -0.25) is 0 Å². The molecule has 2 aromatic carbocycles. The smallest absolute Gasteiger partial charge is 0.344 e. The van der Waals surface area contributed by atoms with Crippen LogP contribution in [0.3, 0.4) is 0 Å². The number of hydrogen-bond acceptors (Lipinski definition) is 6. The molecule has 154 valence electrons. The first-order chi connectivity index (χ1) is 14.4. The van der Waals surface area contributed by atoms with Gasteiger partial charge in [-0.15, -0.1) is 5.10 Å². The summed E-state index contributed by atoms with van der Waals surface area (Å²) in [6, 6.07) is 13.7. The largest absolute Gasteiger partial charge is 0.497 e. The van der Waals surface area contributed by atoms with E-state index in [-0.39, 0.29) is 13.2 Å². The van der Waals surface area contributed by atoms with Gasteiger partial charge in [-0.1, -0.05) is 18.2 Å². The molecule has 7 heteroatoms. The molecule has 0 atom stereocenters. The normalized spacial score (nSPS) is 11.1. The number of rotatable bonds is 6. The average Bonchev–Trinajstić information content (AvgIpc) is 3.05. The van der Waals surface area contributed by atoms with Gasteiger partial charge in [0.2, 0.25) is 5.88 Å². The molecule has 0 radical (unpaired) electrons. The molecule has 0 fully saturated rings. The van der Waals surface area contributed by atoms with Crippen LogP contribution in [-0.2, 0) is 23.2 Å². The first-order valence-electron chi connectivity index (χ1n) is 9.60. The summed E-state index contributed by atoms with van der Waals surface area (Å²) in [7, 11) is 3.44. The van der Waals surface area contributed by atoms with Crippen LogP contribution in [0.1, 0.15) is 16.8 Å². The lowest BCUT2D eigenvalue weighted by molar-refractivity contribution is -0.147. The molecule has 0 saturated heterocycles. The van der Waals surface area contributed by atoms with Crippen LogP contribution < -0.4 is 9.47 Å². The number of hydrogen-bond donors (Lipinski definition) is 0. The number of aryl methyl sites for hydroxylation is 3. The zero-order chi connectivity index (χ0) is 21.3. The quantitative estimate of drug-likeness (QED) is 0.453. The standard InChI is InChI=1S/C23H23N3O4/c1-14-9-15(2)24-22-21(14)23(25-26(22)3)30-13-20(27)29-12-16-5-6-18-11-19(28-4)8-7-17(18)10-16/h5-11H,12-13H2,1-4H3. The summed E-state index contributed by atoms with van der Waals surface area (Å²) in [5.74, 6) is 0.733. The molecule has 0 amide bonds. The fourth-order valence-electron chi connectivity index (χ4n) is 3.47. The second kappa shape index (κ2) is 8.02. The fraction of sp³-hybridized carbons (Fsp3) is 0.261. The maximum absolute atomic E-state index is 12.2. The molecule has 30 heavy (non-hydrogen) atoms. The predicted octanol–water partition coefficient (Wildman–Crippen LogP) is 3.87. The number of carbonyl (C=O) groups excluding carboxylic acids is 1. The number of ether oxygens (including phenoxy) is 3. The van der Waals surface area contributed by atoms with E-state index in [1.54, 1.807) is 18.8 Å². The predicted molar refractivity (Wildman–Crippen MR) is 114 cm³/mol. The summed E-state index contributed by atoms with van der Waals surface area (Å²) < 4.78 is 17.9. The van der Waals surface area contributed by atoms with Crippen LogP contribution in [0.15, 0.2) is 42.5 Å². The molecular formula is C23H23N3O4. The van der Waals surface area contributed by atoms with Crippen molar-refractivity contribution in [2.45, 2.75) is 20.5 Å². The Labute approximate surface area is 174 Å². The van der Waals surface area contributed by atoms with E-state index in [1.807, 2.05) is 56.3 Å². The van der Waals surface area contributed by atoms with Gasteiger partial charge >= 0.3 is 5.97 Å². The Morgan fingerprint density at radius 1 is 1.07 bits per heavy atom. The second-order valence-corrected chi connectivity index (χ2v) is 7.20. The van der Waals surface area contributed by atoms with E-state index in [4.69, 9.17) is 14.2 Å². The van der Waals surface area contributed by atoms with Crippen molar-refractivity contribution in [1.29, 1.82) is 0 Å². The van der Waals surface area contributed by atoms with Crippen LogP contribution in [0.25, 0.3) is 21.8 Å². The summed E-state index contributed by atoms with van der Waals surface area (Å²) in [5, 5.41) is 7.27. The highest BCUT2D eigenvalue weighted by Gasteiger charge is 2.16. The van der Waals surface area contributed by atoms with Crippen LogP contribution >= 0.6 is 0 Å². The van der Waals surface area contributed by atoms with Crippen molar-refractivity contribution in [3.63, 3.8) is 0 Å². The minimum absolute atomic E-state index is 0.174. The SMILES string of the molecule is COc1ccc2cc(COC(=O)COc3nn(C)c4nc(C)cc(C)c34)ccc2c1. The molecule has 0 unspecified atom stereocenters. The summed E-state index contributed by atoms with van der Waals surface area (Å²) >= 11 is 0. The molecule has 0 aliphatic heterocycles. The van der Waals surface area contributed by atoms with Crippen molar-refractivity contribution < 1.29 is 19.0 Å². The Bertz CT molecular complexity index is 1250. The zero-order valence-corrected chi connectivity index (χ0v) is 17.4. The Morgan fingerprint density at radius 3 is 2.63 bits per heavy atom. The van der Waals surface area contributed by atoms with Crippen LogP contribution in [0.5, 0.6) is 11.6 Å². The van der Waals surface area contributed by atoms with E-state index in [1.165, 1.54) is 0 Å². The monoisotopic (exact) mass is 405 g/mol. The third-order valence-corrected chi connectivity index (χ3v) is 4.93. The van der Waals surface area contributed by atoms with Crippen LogP contribution in [0.4, 0.5) is 0 Å². The highest BCUT2D eigenvalue weighted by atomic mass is 16.6. The van der Waals surface area contributed by atoms with Crippen molar-refractivity contribution in [3.05, 3.63) is 59.3 Å². The molecular weight excluding hydrogens is 382 g/mol. The number of esters is 1. The third kappa shape index (κ3) is 3.91. The van der Waals surface area contributed by atoms with Gasteiger partial charge in [0, 0.05) is 12.7 Å². The topological polar surface area (TPSA) is 75.5 Å². The Kier molecular flexibility index (Phi) is 5.27. The lowest BCUT2D eigenvalue weighted by atomic mass is 10.1. The van der Waals surface area contributed by atoms with Gasteiger partial charge in [0.15, 0.2) is 12.3 Å². The van der Waals surface area contributed by atoms with Crippen molar-refractivity contribution in [1.82, 2.24) is 14.8 Å². The van der Waals surface area contributed by atoms with Crippen molar-refractivity contribution in [3.8, 4) is 11.6 Å². The third-order valence-electron chi connectivity index (χ3n) is 4.93. The molecule has 0 aliphatic rings. The summed E-state index contributed by atoms with van der Waals surface area (Å²) in [6.45, 7) is 3.86. The molecule has 0 bridgehead atoms. The zero-order valence-electron chi connectivity index (χ0n) is 17.4. The summed E-state index contributed by atoms with van der Waals surface area (Å²) in [5.41, 5.74) is 3.54. The molecule has 0 spiro atoms. The lowest BCUT2D eigenvalue weighted by Crippen LogP contribution is -2.15. The van der Waals surface area contributed by atoms with E-state index in [0.717, 1.165) is 44.4 Å². The lowest BCUT2D eigenvalue weighted by Gasteiger charge is -2.08. The van der Waals surface area contributed by atoms with Gasteiger partial charge in [-0.25, -0.2) is 14.5 Å². The van der Waals surface area contributed by atoms with Gasteiger partial charge in [-0.2, -0.15) is 0 Å². The number of benzene rings is 2. The van der Waals surface area contributed by atoms with Crippen molar-refractivity contribution in [2.75, 3.05) is 13.7 Å². The Hall–Kier alpha value is -3.61. The molecule has 0 saturated carbocycles. The molecule has 7 nitrogen and oxygen atoms in total. The Morgan fingerprint density at radius 2 is 1.83 bits per heavy atom. The number of aromatic nitrogens is 3. The summed E-state index contributed by atoms with van der Waals surface area (Å²) in [4.78, 5) is 16.7. The highest BCUT2D eigenvalue weighted by molar-refractivity contribution is 5.86. The highest BCUT2D eigenvalue weighted by Crippen LogP contribution is 2.27. The Balaban J connectivity index is 1.40.